The quantitative estimate of drug-likeness (QED) is 0.608. The zero-order valence-electron chi connectivity index (χ0n) is 20.7. The van der Waals surface area contributed by atoms with Crippen molar-refractivity contribution >= 4 is 11.8 Å². The van der Waals surface area contributed by atoms with Crippen LogP contribution in [0.25, 0.3) is 0 Å². The first-order chi connectivity index (χ1) is 16.6. The molecule has 2 aliphatic heterocycles. The molecule has 1 unspecified atom stereocenters. The highest BCUT2D eigenvalue weighted by molar-refractivity contribution is 5.83. The molecule has 34 heavy (non-hydrogen) atoms. The summed E-state index contributed by atoms with van der Waals surface area (Å²) in [5, 5.41) is 0. The second-order valence-electron chi connectivity index (χ2n) is 9.92. The molecule has 5 nitrogen and oxygen atoms in total. The van der Waals surface area contributed by atoms with Gasteiger partial charge in [0.25, 0.3) is 0 Å². The maximum atomic E-state index is 13.2. The number of piperidine rings is 2. The summed E-state index contributed by atoms with van der Waals surface area (Å²) in [7, 11) is 1.92. The number of nitrogens with zero attached hydrogens (tertiary/aromatic N) is 3. The van der Waals surface area contributed by atoms with Gasteiger partial charge in [-0.2, -0.15) is 0 Å². The number of carbonyl (C=O) groups is 2. The zero-order valence-corrected chi connectivity index (χ0v) is 20.7. The number of benzene rings is 2. The van der Waals surface area contributed by atoms with Gasteiger partial charge in [-0.3, -0.25) is 9.59 Å². The van der Waals surface area contributed by atoms with Crippen LogP contribution in [0.5, 0.6) is 0 Å². The van der Waals surface area contributed by atoms with Crippen LogP contribution in [0.4, 0.5) is 0 Å². The summed E-state index contributed by atoms with van der Waals surface area (Å²) in [6, 6.07) is 20.9. The summed E-state index contributed by atoms with van der Waals surface area (Å²) in [6.45, 7) is 6.42. The van der Waals surface area contributed by atoms with Gasteiger partial charge in [0.05, 0.1) is 5.92 Å². The van der Waals surface area contributed by atoms with Gasteiger partial charge < -0.3 is 14.7 Å². The van der Waals surface area contributed by atoms with Gasteiger partial charge in [-0.1, -0.05) is 67.6 Å². The fraction of sp³-hybridized carbons (Fsp3) is 0.517. The van der Waals surface area contributed by atoms with E-state index in [9.17, 15) is 9.59 Å². The smallest absolute Gasteiger partial charge is 0.230 e. The molecule has 2 aliphatic rings. The van der Waals surface area contributed by atoms with E-state index in [1.165, 1.54) is 5.56 Å². The Morgan fingerprint density at radius 1 is 0.882 bits per heavy atom. The van der Waals surface area contributed by atoms with E-state index in [1.54, 1.807) is 0 Å². The van der Waals surface area contributed by atoms with E-state index in [4.69, 9.17) is 0 Å². The topological polar surface area (TPSA) is 43.9 Å². The first-order valence-electron chi connectivity index (χ1n) is 12.9. The molecule has 0 N–H and O–H groups in total. The van der Waals surface area contributed by atoms with Crippen LogP contribution in [-0.4, -0.2) is 65.8 Å². The Bertz CT molecular complexity index is 917. The number of rotatable bonds is 7. The van der Waals surface area contributed by atoms with Crippen LogP contribution in [0, 0.1) is 5.92 Å². The number of likely N-dealkylation sites (tertiary alicyclic amines) is 2. The molecular weight excluding hydrogens is 422 g/mol. The molecule has 0 saturated carbocycles. The van der Waals surface area contributed by atoms with E-state index < -0.39 is 0 Å². The van der Waals surface area contributed by atoms with Crippen LogP contribution in [0.3, 0.4) is 0 Å². The van der Waals surface area contributed by atoms with E-state index in [0.717, 1.165) is 63.8 Å². The number of carbonyl (C=O) groups excluding carboxylic acids is 2. The fourth-order valence-electron chi connectivity index (χ4n) is 5.67. The molecule has 2 aromatic rings. The third-order valence-electron chi connectivity index (χ3n) is 7.72. The van der Waals surface area contributed by atoms with Crippen LogP contribution >= 0.6 is 0 Å². The van der Waals surface area contributed by atoms with Gasteiger partial charge >= 0.3 is 0 Å². The summed E-state index contributed by atoms with van der Waals surface area (Å²) in [5.41, 5.74) is 2.30. The minimum Gasteiger partial charge on any atom is -0.342 e. The summed E-state index contributed by atoms with van der Waals surface area (Å²) in [6.07, 6.45) is 4.77. The first-order valence-corrected chi connectivity index (χ1v) is 12.9. The highest BCUT2D eigenvalue weighted by atomic mass is 16.2. The monoisotopic (exact) mass is 461 g/mol. The Morgan fingerprint density at radius 3 is 2.06 bits per heavy atom. The van der Waals surface area contributed by atoms with Crippen LogP contribution in [0.1, 0.15) is 56.1 Å². The Balaban J connectivity index is 1.23. The minimum atomic E-state index is -0.0348. The molecular formula is C29H39N3O2. The van der Waals surface area contributed by atoms with E-state index in [2.05, 4.69) is 41.0 Å². The maximum Gasteiger partial charge on any atom is 0.230 e. The molecule has 0 bridgehead atoms. The molecule has 2 heterocycles. The number of amides is 2. The third-order valence-corrected chi connectivity index (χ3v) is 7.72. The lowest BCUT2D eigenvalue weighted by molar-refractivity contribution is -0.137. The van der Waals surface area contributed by atoms with Crippen LogP contribution in [0.2, 0.25) is 0 Å². The molecule has 2 saturated heterocycles. The largest absolute Gasteiger partial charge is 0.342 e. The molecule has 5 heteroatoms. The van der Waals surface area contributed by atoms with Gasteiger partial charge in [0, 0.05) is 38.6 Å². The normalized spacial score (nSPS) is 19.1. The van der Waals surface area contributed by atoms with Gasteiger partial charge in [0.15, 0.2) is 0 Å². The van der Waals surface area contributed by atoms with E-state index in [1.807, 2.05) is 48.3 Å². The van der Waals surface area contributed by atoms with Crippen molar-refractivity contribution in [3.05, 3.63) is 71.8 Å². The van der Waals surface area contributed by atoms with Gasteiger partial charge in [-0.05, 0) is 56.3 Å². The Kier molecular flexibility index (Phi) is 8.39. The maximum absolute atomic E-state index is 13.2. The van der Waals surface area contributed by atoms with Crippen molar-refractivity contribution in [1.82, 2.24) is 14.7 Å². The predicted molar refractivity (Wildman–Crippen MR) is 136 cm³/mol. The average Bonchev–Trinajstić information content (AvgIpc) is 2.90. The summed E-state index contributed by atoms with van der Waals surface area (Å²) < 4.78 is 0. The van der Waals surface area contributed by atoms with Crippen molar-refractivity contribution in [2.45, 2.75) is 57.5 Å². The lowest BCUT2D eigenvalue weighted by atomic mass is 9.91. The Labute approximate surface area is 204 Å². The van der Waals surface area contributed by atoms with Crippen molar-refractivity contribution in [3.63, 3.8) is 0 Å². The van der Waals surface area contributed by atoms with Gasteiger partial charge in [0.2, 0.25) is 11.8 Å². The highest BCUT2D eigenvalue weighted by Crippen LogP contribution is 2.28. The van der Waals surface area contributed by atoms with Crippen molar-refractivity contribution in [2.75, 3.05) is 33.2 Å². The lowest BCUT2D eigenvalue weighted by Gasteiger charge is -2.42. The fourth-order valence-corrected chi connectivity index (χ4v) is 5.67. The van der Waals surface area contributed by atoms with Crippen molar-refractivity contribution in [1.29, 1.82) is 0 Å². The SMILES string of the molecule is CCC(C(=O)N1CCC(N2CCC(C(=O)N(C)Cc3ccccc3)CC2)CC1)c1ccccc1. The molecule has 2 fully saturated rings. The minimum absolute atomic E-state index is 0.0348. The molecule has 182 valence electrons. The average molecular weight is 462 g/mol. The van der Waals surface area contributed by atoms with Crippen molar-refractivity contribution in [2.24, 2.45) is 5.92 Å². The zero-order chi connectivity index (χ0) is 23.9. The molecule has 0 spiro atoms. The van der Waals surface area contributed by atoms with Crippen molar-refractivity contribution < 1.29 is 9.59 Å². The molecule has 2 amide bonds. The Morgan fingerprint density at radius 2 is 1.47 bits per heavy atom. The number of hydrogen-bond acceptors (Lipinski definition) is 3. The van der Waals surface area contributed by atoms with Crippen molar-refractivity contribution in [3.8, 4) is 0 Å². The second kappa shape index (κ2) is 11.7. The van der Waals surface area contributed by atoms with Crippen LogP contribution in [0.15, 0.2) is 60.7 Å². The van der Waals surface area contributed by atoms with E-state index in [0.29, 0.717) is 12.6 Å². The van der Waals surface area contributed by atoms with E-state index >= 15 is 0 Å². The van der Waals surface area contributed by atoms with Crippen LogP contribution < -0.4 is 0 Å². The molecule has 0 aliphatic carbocycles. The lowest BCUT2D eigenvalue weighted by Crippen LogP contribution is -2.50. The first kappa shape index (κ1) is 24.5. The summed E-state index contributed by atoms with van der Waals surface area (Å²) in [5.74, 6) is 0.642. The van der Waals surface area contributed by atoms with Gasteiger partial charge in [-0.25, -0.2) is 0 Å². The van der Waals surface area contributed by atoms with Gasteiger partial charge in [-0.15, -0.1) is 0 Å². The molecule has 2 aromatic carbocycles. The predicted octanol–water partition coefficient (Wildman–Crippen LogP) is 4.54. The van der Waals surface area contributed by atoms with Gasteiger partial charge in [0.1, 0.15) is 0 Å². The molecule has 0 radical (unpaired) electrons. The van der Waals surface area contributed by atoms with E-state index in [-0.39, 0.29) is 23.7 Å². The standard InChI is InChI=1S/C29H39N3O2/c1-3-27(24-12-8-5-9-13-24)29(34)32-20-16-26(17-21-32)31-18-14-25(15-19-31)28(33)30(2)22-23-10-6-4-7-11-23/h4-13,25-27H,3,14-22H2,1-2H3. The summed E-state index contributed by atoms with van der Waals surface area (Å²) >= 11 is 0. The third kappa shape index (κ3) is 5.87. The number of hydrogen-bond donors (Lipinski definition) is 0. The van der Waals surface area contributed by atoms with Crippen LogP contribution in [-0.2, 0) is 16.1 Å². The molecule has 1 atom stereocenters. The second-order valence-corrected chi connectivity index (χ2v) is 9.92. The Hall–Kier alpha value is -2.66. The summed E-state index contributed by atoms with van der Waals surface area (Å²) in [4.78, 5) is 32.7. The highest BCUT2D eigenvalue weighted by Gasteiger charge is 2.34. The molecule has 4 rings (SSSR count). The molecule has 0 aromatic heterocycles.